The Bertz CT molecular complexity index is 589. The number of hydrogen-bond acceptors (Lipinski definition) is 2. The monoisotopic (exact) mass is 312 g/mol. The number of ketones is 1. The molecule has 0 saturated carbocycles. The molecule has 0 aliphatic heterocycles. The van der Waals surface area contributed by atoms with Crippen LogP contribution in [0.25, 0.3) is 0 Å². The molecule has 3 nitrogen and oxygen atoms in total. The van der Waals surface area contributed by atoms with Gasteiger partial charge in [-0.3, -0.25) is 4.79 Å². The van der Waals surface area contributed by atoms with Crippen molar-refractivity contribution in [2.24, 2.45) is 7.05 Å². The smallest absolute Gasteiger partial charge is 0.198 e. The molecule has 0 spiro atoms. The Morgan fingerprint density at radius 3 is 2.52 bits per heavy atom. The van der Waals surface area contributed by atoms with Gasteiger partial charge in [0, 0.05) is 25.9 Å². The molecule has 0 aliphatic rings. The Morgan fingerprint density at radius 2 is 1.87 bits per heavy atom. The first-order valence-corrected chi connectivity index (χ1v) is 8.77. The van der Waals surface area contributed by atoms with E-state index in [2.05, 4.69) is 36.2 Å². The van der Waals surface area contributed by atoms with Crippen LogP contribution in [0.4, 0.5) is 0 Å². The summed E-state index contributed by atoms with van der Waals surface area (Å²) in [7, 11) is 1.88. The lowest BCUT2D eigenvalue weighted by atomic mass is 9.88. The van der Waals surface area contributed by atoms with Crippen LogP contribution in [-0.4, -0.2) is 15.3 Å². The maximum absolute atomic E-state index is 12.6. The third-order valence-electron chi connectivity index (χ3n) is 4.43. The van der Waals surface area contributed by atoms with Crippen LogP contribution in [0.1, 0.15) is 74.0 Å². The highest BCUT2D eigenvalue weighted by Crippen LogP contribution is 2.27. The van der Waals surface area contributed by atoms with E-state index in [4.69, 9.17) is 0 Å². The summed E-state index contributed by atoms with van der Waals surface area (Å²) in [5, 5.41) is 0. The number of carbonyl (C=O) groups is 1. The molecule has 124 valence electrons. The molecule has 0 radical (unpaired) electrons. The third kappa shape index (κ3) is 5.34. The summed E-state index contributed by atoms with van der Waals surface area (Å²) in [6.45, 7) is 2.23. The van der Waals surface area contributed by atoms with E-state index in [0.717, 1.165) is 6.42 Å². The molecule has 0 saturated heterocycles. The molecule has 1 aromatic carbocycles. The minimum Gasteiger partial charge on any atom is -0.332 e. The Morgan fingerprint density at radius 1 is 1.13 bits per heavy atom. The van der Waals surface area contributed by atoms with E-state index in [1.54, 1.807) is 6.20 Å². The summed E-state index contributed by atoms with van der Waals surface area (Å²) in [6, 6.07) is 10.4. The SMILES string of the molecule is CCCCCCC[C@H](CC(=O)c1nccn1C)c1ccccc1. The van der Waals surface area contributed by atoms with Crippen molar-refractivity contribution in [2.45, 2.75) is 57.8 Å². The fraction of sp³-hybridized carbons (Fsp3) is 0.500. The van der Waals surface area contributed by atoms with Crippen LogP contribution in [0.3, 0.4) is 0 Å². The van der Waals surface area contributed by atoms with Crippen molar-refractivity contribution in [1.82, 2.24) is 9.55 Å². The normalized spacial score (nSPS) is 12.3. The topological polar surface area (TPSA) is 34.9 Å². The van der Waals surface area contributed by atoms with Gasteiger partial charge < -0.3 is 4.57 Å². The van der Waals surface area contributed by atoms with Crippen molar-refractivity contribution in [2.75, 3.05) is 0 Å². The number of rotatable bonds is 10. The summed E-state index contributed by atoms with van der Waals surface area (Å²) in [5.41, 5.74) is 1.27. The number of Topliss-reactive ketones (excluding diaryl/α,β-unsaturated/α-hetero) is 1. The second-order valence-electron chi connectivity index (χ2n) is 6.30. The van der Waals surface area contributed by atoms with Crippen molar-refractivity contribution in [3.63, 3.8) is 0 Å². The van der Waals surface area contributed by atoms with Crippen LogP contribution < -0.4 is 0 Å². The van der Waals surface area contributed by atoms with Gasteiger partial charge in [-0.25, -0.2) is 4.98 Å². The second-order valence-corrected chi connectivity index (χ2v) is 6.30. The van der Waals surface area contributed by atoms with Gasteiger partial charge in [0.05, 0.1) is 0 Å². The van der Waals surface area contributed by atoms with Gasteiger partial charge in [-0.05, 0) is 17.9 Å². The van der Waals surface area contributed by atoms with Crippen molar-refractivity contribution in [3.8, 4) is 0 Å². The number of imidazole rings is 1. The maximum atomic E-state index is 12.6. The van der Waals surface area contributed by atoms with Gasteiger partial charge in [-0.15, -0.1) is 0 Å². The molecule has 0 aliphatic carbocycles. The summed E-state index contributed by atoms with van der Waals surface area (Å²) in [5.74, 6) is 0.999. The fourth-order valence-electron chi connectivity index (χ4n) is 3.06. The quantitative estimate of drug-likeness (QED) is 0.450. The van der Waals surface area contributed by atoms with Gasteiger partial charge in [-0.2, -0.15) is 0 Å². The minimum absolute atomic E-state index is 0.139. The van der Waals surface area contributed by atoms with E-state index in [0.29, 0.717) is 18.2 Å². The minimum atomic E-state index is 0.139. The van der Waals surface area contributed by atoms with Gasteiger partial charge in [0.1, 0.15) is 0 Å². The van der Waals surface area contributed by atoms with Gasteiger partial charge in [0.15, 0.2) is 11.6 Å². The van der Waals surface area contributed by atoms with Gasteiger partial charge in [-0.1, -0.05) is 69.4 Å². The summed E-state index contributed by atoms with van der Waals surface area (Å²) < 4.78 is 1.81. The average Bonchev–Trinajstić information content (AvgIpc) is 3.00. The van der Waals surface area contributed by atoms with E-state index >= 15 is 0 Å². The number of carbonyl (C=O) groups excluding carboxylic acids is 1. The van der Waals surface area contributed by atoms with Crippen molar-refractivity contribution >= 4 is 5.78 Å². The summed E-state index contributed by atoms with van der Waals surface area (Å²) in [4.78, 5) is 16.8. The molecule has 0 fully saturated rings. The molecule has 23 heavy (non-hydrogen) atoms. The largest absolute Gasteiger partial charge is 0.332 e. The fourth-order valence-corrected chi connectivity index (χ4v) is 3.06. The van der Waals surface area contributed by atoms with Crippen LogP contribution in [0.5, 0.6) is 0 Å². The van der Waals surface area contributed by atoms with Crippen molar-refractivity contribution < 1.29 is 4.79 Å². The third-order valence-corrected chi connectivity index (χ3v) is 4.43. The average molecular weight is 312 g/mol. The first kappa shape index (κ1) is 17.5. The Balaban J connectivity index is 1.99. The molecule has 1 aromatic heterocycles. The molecule has 2 rings (SSSR count). The molecule has 3 heteroatoms. The van der Waals surface area contributed by atoms with E-state index in [9.17, 15) is 4.79 Å². The lowest BCUT2D eigenvalue weighted by molar-refractivity contribution is 0.0958. The highest BCUT2D eigenvalue weighted by Gasteiger charge is 2.19. The Hall–Kier alpha value is -1.90. The first-order valence-electron chi connectivity index (χ1n) is 8.77. The highest BCUT2D eigenvalue weighted by atomic mass is 16.1. The molecule has 2 aromatic rings. The molecule has 1 atom stereocenters. The van der Waals surface area contributed by atoms with Crippen molar-refractivity contribution in [3.05, 3.63) is 54.1 Å². The predicted octanol–water partition coefficient (Wildman–Crippen LogP) is 5.14. The van der Waals surface area contributed by atoms with E-state index in [-0.39, 0.29) is 5.78 Å². The van der Waals surface area contributed by atoms with Gasteiger partial charge in [0.2, 0.25) is 0 Å². The van der Waals surface area contributed by atoms with Gasteiger partial charge in [0.25, 0.3) is 0 Å². The van der Waals surface area contributed by atoms with E-state index in [1.807, 2.05) is 23.9 Å². The number of aryl methyl sites for hydroxylation is 1. The zero-order valence-electron chi connectivity index (χ0n) is 14.4. The Labute approximate surface area is 139 Å². The zero-order chi connectivity index (χ0) is 16.5. The van der Waals surface area contributed by atoms with Crippen LogP contribution in [0.2, 0.25) is 0 Å². The molecule has 1 heterocycles. The molecule has 0 unspecified atom stereocenters. The maximum Gasteiger partial charge on any atom is 0.198 e. The van der Waals surface area contributed by atoms with Crippen LogP contribution in [-0.2, 0) is 7.05 Å². The number of aromatic nitrogens is 2. The number of unbranched alkanes of at least 4 members (excludes halogenated alkanes) is 4. The highest BCUT2D eigenvalue weighted by molar-refractivity contribution is 5.93. The molecule has 0 amide bonds. The lowest BCUT2D eigenvalue weighted by Gasteiger charge is -2.16. The summed E-state index contributed by atoms with van der Waals surface area (Å²) >= 11 is 0. The zero-order valence-corrected chi connectivity index (χ0v) is 14.4. The number of nitrogens with zero attached hydrogens (tertiary/aromatic N) is 2. The molecule has 0 N–H and O–H groups in total. The summed E-state index contributed by atoms with van der Waals surface area (Å²) in [6.07, 6.45) is 11.5. The predicted molar refractivity (Wildman–Crippen MR) is 94.7 cm³/mol. The molecular formula is C20H28N2O. The standard InChI is InChI=1S/C20H28N2O/c1-3-4-5-6-8-13-18(17-11-9-7-10-12-17)16-19(23)20-21-14-15-22(20)2/h7,9-12,14-15,18H,3-6,8,13,16H2,1-2H3/t18-/m1/s1. The first-order chi connectivity index (χ1) is 11.2. The molecular weight excluding hydrogens is 284 g/mol. The Kier molecular flexibility index (Phi) is 7.05. The second kappa shape index (κ2) is 9.29. The van der Waals surface area contributed by atoms with E-state index < -0.39 is 0 Å². The van der Waals surface area contributed by atoms with Crippen LogP contribution in [0, 0.1) is 0 Å². The lowest BCUT2D eigenvalue weighted by Crippen LogP contribution is -2.12. The number of hydrogen-bond donors (Lipinski definition) is 0. The van der Waals surface area contributed by atoms with Crippen LogP contribution >= 0.6 is 0 Å². The van der Waals surface area contributed by atoms with Gasteiger partial charge >= 0.3 is 0 Å². The number of benzene rings is 1. The molecule has 0 bridgehead atoms. The van der Waals surface area contributed by atoms with Crippen molar-refractivity contribution in [1.29, 1.82) is 0 Å². The van der Waals surface area contributed by atoms with Crippen LogP contribution in [0.15, 0.2) is 42.7 Å². The van der Waals surface area contributed by atoms with E-state index in [1.165, 1.54) is 37.7 Å².